The highest BCUT2D eigenvalue weighted by Gasteiger charge is 2.51. The van der Waals surface area contributed by atoms with Crippen LogP contribution in [0.2, 0.25) is 0 Å². The van der Waals surface area contributed by atoms with Gasteiger partial charge in [0.25, 0.3) is 0 Å². The summed E-state index contributed by atoms with van der Waals surface area (Å²) in [6, 6.07) is 0.0610. The van der Waals surface area contributed by atoms with Crippen molar-refractivity contribution in [2.45, 2.75) is 58.7 Å². The molecule has 2 saturated heterocycles. The lowest BCUT2D eigenvalue weighted by molar-refractivity contribution is 0.00578. The quantitative estimate of drug-likeness (QED) is 0.787. The predicted octanol–water partition coefficient (Wildman–Crippen LogP) is 2.62. The highest BCUT2D eigenvalue weighted by atomic mass is 16.7. The van der Waals surface area contributed by atoms with E-state index in [-0.39, 0.29) is 18.3 Å². The van der Waals surface area contributed by atoms with Gasteiger partial charge in [0.05, 0.1) is 15.3 Å². The molecule has 3 rings (SSSR count). The molecule has 3 heterocycles. The number of aromatic nitrogens is 1. The van der Waals surface area contributed by atoms with Crippen LogP contribution in [0.15, 0.2) is 18.3 Å². The molecule has 1 unspecified atom stereocenters. The van der Waals surface area contributed by atoms with Crippen molar-refractivity contribution in [3.8, 4) is 0 Å². The van der Waals surface area contributed by atoms with E-state index in [1.807, 2.05) is 27.7 Å². The molecule has 0 radical (unpaired) electrons. The van der Waals surface area contributed by atoms with E-state index in [0.29, 0.717) is 17.2 Å². The van der Waals surface area contributed by atoms with Gasteiger partial charge in [-0.25, -0.2) is 4.98 Å². The smallest absolute Gasteiger partial charge is 0.399 e. The molecule has 1 aromatic heterocycles. The Hall–Kier alpha value is -1.07. The van der Waals surface area contributed by atoms with Crippen LogP contribution in [0.3, 0.4) is 0 Å². The zero-order valence-corrected chi connectivity index (χ0v) is 14.2. The van der Waals surface area contributed by atoms with Crippen LogP contribution in [0.4, 0.5) is 5.82 Å². The molecule has 0 aromatic carbocycles. The molecule has 1 aromatic rings. The van der Waals surface area contributed by atoms with Gasteiger partial charge >= 0.3 is 7.12 Å². The van der Waals surface area contributed by atoms with E-state index in [0.717, 1.165) is 25.9 Å². The molecule has 0 amide bonds. The lowest BCUT2D eigenvalue weighted by Gasteiger charge is -2.32. The highest BCUT2D eigenvalue weighted by molar-refractivity contribution is 6.62. The maximum absolute atomic E-state index is 8.64. The van der Waals surface area contributed by atoms with Crippen molar-refractivity contribution in [1.29, 1.82) is 0 Å². The van der Waals surface area contributed by atoms with Gasteiger partial charge in [-0.2, -0.15) is 0 Å². The molecular formula is C17H27BN2O2. The summed E-state index contributed by atoms with van der Waals surface area (Å²) in [4.78, 5) is 6.30. The second-order valence-corrected chi connectivity index (χ2v) is 7.49. The average molecular weight is 305 g/mol. The summed E-state index contributed by atoms with van der Waals surface area (Å²) in [7, 11) is -0.821. The van der Waals surface area contributed by atoms with E-state index < -0.39 is 18.3 Å². The van der Waals surface area contributed by atoms with Gasteiger partial charge in [-0.15, -0.1) is 0 Å². The minimum absolute atomic E-state index is 0.0858. The standard InChI is InChI=1S/C17H27BN2O2/c1-13-7-6-10-20(12-13)15-11-14(8-9-19-15)18-21-16(2,3)17(4,5)22-18/h8-9,11,13H,6-7,10,12H2,1-5H3/i8D,9D,11D. The molecule has 2 fully saturated rings. The van der Waals surface area contributed by atoms with E-state index in [1.54, 1.807) is 0 Å². The zero-order valence-electron chi connectivity index (χ0n) is 17.2. The van der Waals surface area contributed by atoms with Crippen LogP contribution in [0.5, 0.6) is 0 Å². The van der Waals surface area contributed by atoms with Gasteiger partial charge < -0.3 is 14.2 Å². The van der Waals surface area contributed by atoms with Crippen molar-refractivity contribution in [2.75, 3.05) is 18.0 Å². The van der Waals surface area contributed by atoms with Crippen LogP contribution in [-0.2, 0) is 9.31 Å². The number of hydrogen-bond donors (Lipinski definition) is 0. The SMILES string of the molecule is [2H]c1nc(N2CCCC(C)C2)c([2H])c(B2OC(C)(C)C(C)(C)O2)c1[2H]. The number of anilines is 1. The van der Waals surface area contributed by atoms with E-state index in [9.17, 15) is 0 Å². The third-order valence-electron chi connectivity index (χ3n) is 5.04. The molecule has 0 N–H and O–H groups in total. The highest BCUT2D eigenvalue weighted by Crippen LogP contribution is 2.36. The molecule has 0 aliphatic carbocycles. The number of pyridine rings is 1. The molecule has 120 valence electrons. The van der Waals surface area contributed by atoms with Crippen molar-refractivity contribution in [1.82, 2.24) is 4.98 Å². The Morgan fingerprint density at radius 2 is 2.00 bits per heavy atom. The normalized spacial score (nSPS) is 29.1. The lowest BCUT2D eigenvalue weighted by atomic mass is 9.79. The van der Waals surface area contributed by atoms with Crippen LogP contribution in [0, 0.1) is 5.92 Å². The second-order valence-electron chi connectivity index (χ2n) is 7.49. The third-order valence-corrected chi connectivity index (χ3v) is 5.04. The van der Waals surface area contributed by atoms with Crippen LogP contribution >= 0.6 is 0 Å². The first-order valence-corrected chi connectivity index (χ1v) is 8.12. The topological polar surface area (TPSA) is 34.6 Å². The molecule has 5 heteroatoms. The first-order valence-electron chi connectivity index (χ1n) is 9.62. The molecule has 1 atom stereocenters. The van der Waals surface area contributed by atoms with Crippen LogP contribution < -0.4 is 10.4 Å². The van der Waals surface area contributed by atoms with Crippen molar-refractivity contribution < 1.29 is 13.4 Å². The molecule has 4 nitrogen and oxygen atoms in total. The summed E-state index contributed by atoms with van der Waals surface area (Å²) in [6.45, 7) is 11.6. The number of rotatable bonds is 2. The Kier molecular flexibility index (Phi) is 3.11. The van der Waals surface area contributed by atoms with Gasteiger partial charge in [0.2, 0.25) is 0 Å². The third kappa shape index (κ3) is 2.89. The Bertz CT molecular complexity index is 668. The molecule has 2 aliphatic rings. The zero-order chi connectivity index (χ0) is 18.6. The minimum atomic E-state index is -0.821. The molecule has 0 bridgehead atoms. The van der Waals surface area contributed by atoms with Crippen molar-refractivity contribution >= 4 is 18.4 Å². The van der Waals surface area contributed by atoms with Gasteiger partial charge in [0, 0.05) is 19.3 Å². The molecule has 22 heavy (non-hydrogen) atoms. The Balaban J connectivity index is 2.03. The molecule has 0 saturated carbocycles. The van der Waals surface area contributed by atoms with Gasteiger partial charge in [-0.05, 0) is 64.0 Å². The summed E-state index contributed by atoms with van der Waals surface area (Å²) in [5, 5.41) is 0. The van der Waals surface area contributed by atoms with Crippen molar-refractivity contribution in [3.63, 3.8) is 0 Å². The predicted molar refractivity (Wildman–Crippen MR) is 90.6 cm³/mol. The Morgan fingerprint density at radius 1 is 1.32 bits per heavy atom. The van der Waals surface area contributed by atoms with E-state index >= 15 is 0 Å². The van der Waals surface area contributed by atoms with Gasteiger partial charge in [0.1, 0.15) is 5.82 Å². The number of nitrogens with zero attached hydrogens (tertiary/aromatic N) is 2. The monoisotopic (exact) mass is 305 g/mol. The Labute approximate surface area is 138 Å². The van der Waals surface area contributed by atoms with Gasteiger partial charge in [0.15, 0.2) is 0 Å². The Morgan fingerprint density at radius 3 is 2.64 bits per heavy atom. The lowest BCUT2D eigenvalue weighted by Crippen LogP contribution is -2.41. The molecular weight excluding hydrogens is 275 g/mol. The van der Waals surface area contributed by atoms with Crippen molar-refractivity contribution in [3.05, 3.63) is 18.3 Å². The average Bonchev–Trinajstić information content (AvgIpc) is 2.71. The van der Waals surface area contributed by atoms with Crippen LogP contribution in [-0.4, -0.2) is 36.4 Å². The number of piperidine rings is 1. The first kappa shape index (κ1) is 12.4. The largest absolute Gasteiger partial charge is 0.495 e. The van der Waals surface area contributed by atoms with Gasteiger partial charge in [-0.3, -0.25) is 0 Å². The molecule has 2 aliphatic heterocycles. The van der Waals surface area contributed by atoms with E-state index in [4.69, 9.17) is 13.4 Å². The summed E-state index contributed by atoms with van der Waals surface area (Å²) in [5.41, 5.74) is -0.796. The van der Waals surface area contributed by atoms with E-state index in [2.05, 4.69) is 16.8 Å². The maximum atomic E-state index is 8.64. The maximum Gasteiger partial charge on any atom is 0.495 e. The van der Waals surface area contributed by atoms with Gasteiger partial charge in [-0.1, -0.05) is 6.92 Å². The van der Waals surface area contributed by atoms with Crippen molar-refractivity contribution in [2.24, 2.45) is 5.92 Å². The molecule has 0 spiro atoms. The fraction of sp³-hybridized carbons (Fsp3) is 0.706. The first-order chi connectivity index (χ1) is 11.5. The minimum Gasteiger partial charge on any atom is -0.399 e. The summed E-state index contributed by atoms with van der Waals surface area (Å²) >= 11 is 0. The summed E-state index contributed by atoms with van der Waals surface area (Å²) < 4.78 is 37.1. The van der Waals surface area contributed by atoms with E-state index in [1.165, 1.54) is 0 Å². The summed E-state index contributed by atoms with van der Waals surface area (Å²) in [5.74, 6) is 0.998. The summed E-state index contributed by atoms with van der Waals surface area (Å²) in [6.07, 6.45) is 2.08. The second kappa shape index (κ2) is 5.53. The van der Waals surface area contributed by atoms with Crippen LogP contribution in [0.25, 0.3) is 0 Å². The van der Waals surface area contributed by atoms with Crippen LogP contribution in [0.1, 0.15) is 51.6 Å². The fourth-order valence-electron chi connectivity index (χ4n) is 2.93. The number of hydrogen-bond acceptors (Lipinski definition) is 4. The fourth-order valence-corrected chi connectivity index (χ4v) is 2.93.